The third kappa shape index (κ3) is 4.38. The standard InChI is InChI=1S/C19H25NO5/c1-18(2,3)25-17(23)20-11-14(21)19(4,5)15(20)16(22)24-12-13-9-7-6-8-10-13/h6-10,15H,11-12H2,1-5H3/t15-/m0/s1. The first kappa shape index (κ1) is 19.0. The largest absolute Gasteiger partial charge is 0.459 e. The fraction of sp³-hybridized carbons (Fsp3) is 0.526. The molecule has 1 aromatic rings. The van der Waals surface area contributed by atoms with Gasteiger partial charge in [-0.05, 0) is 26.3 Å². The smallest absolute Gasteiger partial charge is 0.411 e. The van der Waals surface area contributed by atoms with E-state index in [1.165, 1.54) is 4.90 Å². The second-order valence-corrected chi connectivity index (χ2v) is 7.75. The van der Waals surface area contributed by atoms with Crippen LogP contribution in [0.4, 0.5) is 4.79 Å². The van der Waals surface area contributed by atoms with Gasteiger partial charge in [-0.3, -0.25) is 9.69 Å². The lowest BCUT2D eigenvalue weighted by Gasteiger charge is -2.31. The van der Waals surface area contributed by atoms with Gasteiger partial charge in [0.25, 0.3) is 0 Å². The summed E-state index contributed by atoms with van der Waals surface area (Å²) in [6.45, 7) is 8.42. The molecule has 0 N–H and O–H groups in total. The Hall–Kier alpha value is -2.37. The Kier molecular flexibility index (Phi) is 5.20. The zero-order valence-electron chi connectivity index (χ0n) is 15.4. The van der Waals surface area contributed by atoms with Gasteiger partial charge in [-0.25, -0.2) is 9.59 Å². The number of nitrogens with zero attached hydrogens (tertiary/aromatic N) is 1. The number of likely N-dealkylation sites (tertiary alicyclic amines) is 1. The maximum absolute atomic E-state index is 12.6. The highest BCUT2D eigenvalue weighted by Crippen LogP contribution is 2.35. The molecule has 0 aromatic heterocycles. The zero-order valence-corrected chi connectivity index (χ0v) is 15.4. The quantitative estimate of drug-likeness (QED) is 0.786. The van der Waals surface area contributed by atoms with Crippen LogP contribution >= 0.6 is 0 Å². The molecule has 1 aliphatic rings. The summed E-state index contributed by atoms with van der Waals surface area (Å²) in [6.07, 6.45) is -0.687. The summed E-state index contributed by atoms with van der Waals surface area (Å²) < 4.78 is 10.7. The Labute approximate surface area is 148 Å². The molecule has 1 fully saturated rings. The second kappa shape index (κ2) is 6.86. The van der Waals surface area contributed by atoms with E-state index in [1.54, 1.807) is 34.6 Å². The van der Waals surface area contributed by atoms with Crippen LogP contribution in [0.5, 0.6) is 0 Å². The van der Waals surface area contributed by atoms with Crippen molar-refractivity contribution in [1.82, 2.24) is 4.90 Å². The number of carbonyl (C=O) groups excluding carboxylic acids is 3. The number of carbonyl (C=O) groups is 3. The molecule has 1 aliphatic heterocycles. The lowest BCUT2D eigenvalue weighted by Crippen LogP contribution is -2.48. The second-order valence-electron chi connectivity index (χ2n) is 7.75. The van der Waals surface area contributed by atoms with Crippen molar-refractivity contribution in [1.29, 1.82) is 0 Å². The van der Waals surface area contributed by atoms with Crippen molar-refractivity contribution in [2.45, 2.75) is 52.9 Å². The Morgan fingerprint density at radius 3 is 2.36 bits per heavy atom. The summed E-state index contributed by atoms with van der Waals surface area (Å²) in [5, 5.41) is 0. The normalized spacial score (nSPS) is 19.6. The molecule has 0 radical (unpaired) electrons. The third-order valence-electron chi connectivity index (χ3n) is 4.10. The minimum atomic E-state index is -1.02. The van der Waals surface area contributed by atoms with Crippen LogP contribution in [0.2, 0.25) is 0 Å². The van der Waals surface area contributed by atoms with Crippen molar-refractivity contribution >= 4 is 17.8 Å². The first-order chi connectivity index (χ1) is 11.5. The number of Topliss-reactive ketones (excluding diaryl/α,β-unsaturated/α-hetero) is 1. The summed E-state index contributed by atoms with van der Waals surface area (Å²) >= 11 is 0. The fourth-order valence-electron chi connectivity index (χ4n) is 2.71. The van der Waals surface area contributed by atoms with Crippen molar-refractivity contribution in [3.63, 3.8) is 0 Å². The van der Waals surface area contributed by atoms with Crippen molar-refractivity contribution in [2.24, 2.45) is 5.41 Å². The van der Waals surface area contributed by atoms with Crippen molar-refractivity contribution in [3.05, 3.63) is 35.9 Å². The maximum Gasteiger partial charge on any atom is 0.411 e. The summed E-state index contributed by atoms with van der Waals surface area (Å²) in [5.74, 6) is -0.800. The van der Waals surface area contributed by atoms with Crippen molar-refractivity contribution < 1.29 is 23.9 Å². The lowest BCUT2D eigenvalue weighted by atomic mass is 9.84. The minimum Gasteiger partial charge on any atom is -0.459 e. The van der Waals surface area contributed by atoms with E-state index >= 15 is 0 Å². The average molecular weight is 347 g/mol. The maximum atomic E-state index is 12.6. The van der Waals surface area contributed by atoms with E-state index in [9.17, 15) is 14.4 Å². The number of rotatable bonds is 3. The Bertz CT molecular complexity index is 660. The molecule has 0 saturated carbocycles. The molecule has 0 spiro atoms. The number of hydrogen-bond donors (Lipinski definition) is 0. The summed E-state index contributed by atoms with van der Waals surface area (Å²) in [5.41, 5.74) is -0.905. The van der Waals surface area contributed by atoms with Gasteiger partial charge < -0.3 is 9.47 Å². The molecule has 1 atom stereocenters. The predicted octanol–water partition coefficient (Wildman–Crippen LogP) is 2.94. The number of hydrogen-bond acceptors (Lipinski definition) is 5. The van der Waals surface area contributed by atoms with E-state index in [0.717, 1.165) is 5.56 Å². The van der Waals surface area contributed by atoms with Crippen LogP contribution in [0.1, 0.15) is 40.2 Å². The number of amides is 1. The van der Waals surface area contributed by atoms with E-state index in [0.29, 0.717) is 0 Å². The Morgan fingerprint density at radius 1 is 1.20 bits per heavy atom. The molecule has 1 saturated heterocycles. The number of esters is 1. The first-order valence-corrected chi connectivity index (χ1v) is 8.26. The predicted molar refractivity (Wildman–Crippen MR) is 91.8 cm³/mol. The minimum absolute atomic E-state index is 0.0859. The van der Waals surface area contributed by atoms with Gasteiger partial charge in [0.05, 0.1) is 12.0 Å². The van der Waals surface area contributed by atoms with Crippen LogP contribution in [-0.4, -0.2) is 40.9 Å². The number of ether oxygens (including phenoxy) is 2. The SMILES string of the molecule is CC(C)(C)OC(=O)N1CC(=O)C(C)(C)[C@@H]1C(=O)OCc1ccccc1. The van der Waals surface area contributed by atoms with Gasteiger partial charge in [-0.15, -0.1) is 0 Å². The van der Waals surface area contributed by atoms with Gasteiger partial charge in [-0.2, -0.15) is 0 Å². The van der Waals surface area contributed by atoms with E-state index in [-0.39, 0.29) is 18.9 Å². The highest BCUT2D eigenvalue weighted by atomic mass is 16.6. The zero-order chi connectivity index (χ0) is 18.8. The molecule has 0 bridgehead atoms. The van der Waals surface area contributed by atoms with Crippen molar-refractivity contribution in [2.75, 3.05) is 6.54 Å². The van der Waals surface area contributed by atoms with Crippen LogP contribution in [0.15, 0.2) is 30.3 Å². The van der Waals surface area contributed by atoms with Crippen LogP contribution < -0.4 is 0 Å². The molecule has 6 nitrogen and oxygen atoms in total. The van der Waals surface area contributed by atoms with Crippen molar-refractivity contribution in [3.8, 4) is 0 Å². The fourth-order valence-corrected chi connectivity index (χ4v) is 2.71. The molecular weight excluding hydrogens is 322 g/mol. The molecular formula is C19H25NO5. The Morgan fingerprint density at radius 2 is 1.80 bits per heavy atom. The summed E-state index contributed by atoms with van der Waals surface area (Å²) in [7, 11) is 0. The summed E-state index contributed by atoms with van der Waals surface area (Å²) in [6, 6.07) is 8.24. The van der Waals surface area contributed by atoms with E-state index < -0.39 is 29.1 Å². The summed E-state index contributed by atoms with van der Waals surface area (Å²) in [4.78, 5) is 38.5. The van der Waals surface area contributed by atoms with Gasteiger partial charge in [0.2, 0.25) is 0 Å². The van der Waals surface area contributed by atoms with Gasteiger partial charge in [-0.1, -0.05) is 44.2 Å². The van der Waals surface area contributed by atoms with Gasteiger partial charge in [0.15, 0.2) is 5.78 Å². The van der Waals surface area contributed by atoms with Crippen LogP contribution in [0.25, 0.3) is 0 Å². The molecule has 0 unspecified atom stereocenters. The molecule has 6 heteroatoms. The highest BCUT2D eigenvalue weighted by molar-refractivity contribution is 6.00. The molecule has 25 heavy (non-hydrogen) atoms. The topological polar surface area (TPSA) is 72.9 Å². The lowest BCUT2D eigenvalue weighted by molar-refractivity contribution is -0.154. The molecule has 0 aliphatic carbocycles. The van der Waals surface area contributed by atoms with E-state index in [4.69, 9.17) is 9.47 Å². The molecule has 1 aromatic carbocycles. The number of ketones is 1. The molecule has 1 amide bonds. The molecule has 2 rings (SSSR count). The van der Waals surface area contributed by atoms with Crippen LogP contribution in [0.3, 0.4) is 0 Å². The van der Waals surface area contributed by atoms with E-state index in [2.05, 4.69) is 0 Å². The third-order valence-corrected chi connectivity index (χ3v) is 4.10. The highest BCUT2D eigenvalue weighted by Gasteiger charge is 2.54. The van der Waals surface area contributed by atoms with Crippen LogP contribution in [0, 0.1) is 5.41 Å². The van der Waals surface area contributed by atoms with E-state index in [1.807, 2.05) is 30.3 Å². The van der Waals surface area contributed by atoms with Gasteiger partial charge in [0, 0.05) is 0 Å². The average Bonchev–Trinajstić information content (AvgIpc) is 2.75. The van der Waals surface area contributed by atoms with Gasteiger partial charge >= 0.3 is 12.1 Å². The van der Waals surface area contributed by atoms with Crippen LogP contribution in [-0.2, 0) is 25.7 Å². The first-order valence-electron chi connectivity index (χ1n) is 8.26. The molecule has 136 valence electrons. The monoisotopic (exact) mass is 347 g/mol. The molecule has 1 heterocycles. The van der Waals surface area contributed by atoms with Gasteiger partial charge in [0.1, 0.15) is 18.2 Å². The number of benzene rings is 1. The Balaban J connectivity index is 2.16.